The number of pyridine rings is 1. The monoisotopic (exact) mass is 440 g/mol. The fourth-order valence-corrected chi connectivity index (χ4v) is 3.68. The standard InChI is InChI=1S/C23H24N2O5S/c1-3-29-20-7-9-21(10-8-20)30-22-14-17(11-12-24-22)15-25-23(26)19-6-4-5-18(13-19)16-31(2,27)28/h4-14H,3,15-16H2,1-2H3,(H,25,26). The lowest BCUT2D eigenvalue weighted by molar-refractivity contribution is 0.0950. The molecule has 0 saturated heterocycles. The molecule has 0 fully saturated rings. The molecule has 0 bridgehead atoms. The molecule has 31 heavy (non-hydrogen) atoms. The van der Waals surface area contributed by atoms with Gasteiger partial charge in [-0.3, -0.25) is 4.79 Å². The number of aromatic nitrogens is 1. The van der Waals surface area contributed by atoms with E-state index in [1.165, 1.54) is 0 Å². The molecule has 2 aromatic carbocycles. The summed E-state index contributed by atoms with van der Waals surface area (Å²) in [5.41, 5.74) is 1.79. The molecule has 0 atom stereocenters. The van der Waals surface area contributed by atoms with Gasteiger partial charge in [-0.2, -0.15) is 0 Å². The Morgan fingerprint density at radius 3 is 2.45 bits per heavy atom. The average Bonchev–Trinajstić information content (AvgIpc) is 2.73. The number of carbonyl (C=O) groups excluding carboxylic acids is 1. The molecule has 162 valence electrons. The van der Waals surface area contributed by atoms with Crippen LogP contribution in [0.1, 0.15) is 28.4 Å². The van der Waals surface area contributed by atoms with Crippen LogP contribution in [0.4, 0.5) is 0 Å². The van der Waals surface area contributed by atoms with E-state index in [4.69, 9.17) is 9.47 Å². The molecule has 1 N–H and O–H groups in total. The first-order valence-electron chi connectivity index (χ1n) is 9.73. The van der Waals surface area contributed by atoms with Crippen molar-refractivity contribution in [1.29, 1.82) is 0 Å². The van der Waals surface area contributed by atoms with Gasteiger partial charge in [0.05, 0.1) is 12.4 Å². The summed E-state index contributed by atoms with van der Waals surface area (Å²) in [6.45, 7) is 2.79. The molecule has 8 heteroatoms. The first-order valence-corrected chi connectivity index (χ1v) is 11.8. The van der Waals surface area contributed by atoms with Gasteiger partial charge in [-0.1, -0.05) is 12.1 Å². The van der Waals surface area contributed by atoms with Crippen LogP contribution >= 0.6 is 0 Å². The van der Waals surface area contributed by atoms with Gasteiger partial charge in [-0.15, -0.1) is 0 Å². The van der Waals surface area contributed by atoms with Gasteiger partial charge in [0.15, 0.2) is 9.84 Å². The summed E-state index contributed by atoms with van der Waals surface area (Å²) >= 11 is 0. The quantitative estimate of drug-likeness (QED) is 0.545. The Balaban J connectivity index is 1.61. The lowest BCUT2D eigenvalue weighted by atomic mass is 10.1. The van der Waals surface area contributed by atoms with Crippen molar-refractivity contribution < 1.29 is 22.7 Å². The Morgan fingerprint density at radius 1 is 1.00 bits per heavy atom. The van der Waals surface area contributed by atoms with Gasteiger partial charge >= 0.3 is 0 Å². The minimum absolute atomic E-state index is 0.106. The number of benzene rings is 2. The molecular formula is C23H24N2O5S. The zero-order chi connectivity index (χ0) is 22.3. The van der Waals surface area contributed by atoms with Crippen LogP contribution in [0, 0.1) is 0 Å². The van der Waals surface area contributed by atoms with Crippen molar-refractivity contribution in [2.24, 2.45) is 0 Å². The number of nitrogens with one attached hydrogen (secondary N) is 1. The van der Waals surface area contributed by atoms with Crippen LogP contribution in [0.2, 0.25) is 0 Å². The van der Waals surface area contributed by atoms with E-state index in [1.54, 1.807) is 54.7 Å². The van der Waals surface area contributed by atoms with Gasteiger partial charge in [-0.05, 0) is 60.5 Å². The maximum Gasteiger partial charge on any atom is 0.251 e. The number of ether oxygens (including phenoxy) is 2. The van der Waals surface area contributed by atoms with Crippen molar-refractivity contribution in [3.8, 4) is 17.4 Å². The SMILES string of the molecule is CCOc1ccc(Oc2cc(CNC(=O)c3cccc(CS(C)(=O)=O)c3)ccn2)cc1. The van der Waals surface area contributed by atoms with Crippen molar-refractivity contribution in [2.75, 3.05) is 12.9 Å². The number of hydrogen-bond donors (Lipinski definition) is 1. The Morgan fingerprint density at radius 2 is 1.74 bits per heavy atom. The third kappa shape index (κ3) is 7.11. The van der Waals surface area contributed by atoms with Gasteiger partial charge in [-0.25, -0.2) is 13.4 Å². The summed E-state index contributed by atoms with van der Waals surface area (Å²) < 4.78 is 34.1. The van der Waals surface area contributed by atoms with E-state index in [0.29, 0.717) is 29.4 Å². The van der Waals surface area contributed by atoms with E-state index in [9.17, 15) is 13.2 Å². The molecule has 0 unspecified atom stereocenters. The van der Waals surface area contributed by atoms with E-state index in [2.05, 4.69) is 10.3 Å². The van der Waals surface area contributed by atoms with Crippen molar-refractivity contribution in [3.05, 3.63) is 83.6 Å². The maximum atomic E-state index is 12.5. The minimum Gasteiger partial charge on any atom is -0.494 e. The highest BCUT2D eigenvalue weighted by atomic mass is 32.2. The molecule has 1 amide bonds. The van der Waals surface area contributed by atoms with Crippen molar-refractivity contribution in [2.45, 2.75) is 19.2 Å². The predicted molar refractivity (Wildman–Crippen MR) is 118 cm³/mol. The summed E-state index contributed by atoms with van der Waals surface area (Å²) in [6.07, 6.45) is 2.77. The second-order valence-corrected chi connectivity index (χ2v) is 9.10. The topological polar surface area (TPSA) is 94.6 Å². The summed E-state index contributed by atoms with van der Waals surface area (Å²) in [7, 11) is -3.17. The van der Waals surface area contributed by atoms with Crippen LogP contribution in [0.25, 0.3) is 0 Å². The number of nitrogens with zero attached hydrogens (tertiary/aromatic N) is 1. The fraction of sp³-hybridized carbons (Fsp3) is 0.217. The molecule has 3 aromatic rings. The molecule has 0 aliphatic carbocycles. The van der Waals surface area contributed by atoms with E-state index in [-0.39, 0.29) is 18.2 Å². The highest BCUT2D eigenvalue weighted by molar-refractivity contribution is 7.89. The summed E-state index contributed by atoms with van der Waals surface area (Å²) in [6, 6.07) is 17.4. The number of sulfone groups is 1. The van der Waals surface area contributed by atoms with Crippen LogP contribution in [0.15, 0.2) is 66.9 Å². The molecule has 0 radical (unpaired) electrons. The van der Waals surface area contributed by atoms with E-state index < -0.39 is 9.84 Å². The Labute approximate surface area is 182 Å². The lowest BCUT2D eigenvalue weighted by Crippen LogP contribution is -2.23. The number of carbonyl (C=O) groups is 1. The van der Waals surface area contributed by atoms with Gasteiger partial charge in [0.25, 0.3) is 5.91 Å². The zero-order valence-corrected chi connectivity index (χ0v) is 18.2. The Hall–Kier alpha value is -3.39. The largest absolute Gasteiger partial charge is 0.494 e. The Kier molecular flexibility index (Phi) is 7.25. The zero-order valence-electron chi connectivity index (χ0n) is 17.4. The van der Waals surface area contributed by atoms with Crippen molar-refractivity contribution >= 4 is 15.7 Å². The van der Waals surface area contributed by atoms with Crippen LogP contribution < -0.4 is 14.8 Å². The molecule has 7 nitrogen and oxygen atoms in total. The molecule has 3 rings (SSSR count). The summed E-state index contributed by atoms with van der Waals surface area (Å²) in [5.74, 6) is 1.40. The van der Waals surface area contributed by atoms with Crippen molar-refractivity contribution in [1.82, 2.24) is 10.3 Å². The molecule has 1 aromatic heterocycles. The third-order valence-corrected chi connectivity index (χ3v) is 5.09. The van der Waals surface area contributed by atoms with E-state index in [0.717, 1.165) is 17.6 Å². The maximum absolute atomic E-state index is 12.5. The molecule has 1 heterocycles. The first kappa shape index (κ1) is 22.3. The molecule has 0 saturated carbocycles. The summed E-state index contributed by atoms with van der Waals surface area (Å²) in [5, 5.41) is 2.83. The summed E-state index contributed by atoms with van der Waals surface area (Å²) in [4.78, 5) is 16.7. The van der Waals surface area contributed by atoms with Gasteiger partial charge < -0.3 is 14.8 Å². The molecular weight excluding hydrogens is 416 g/mol. The van der Waals surface area contributed by atoms with Gasteiger partial charge in [0, 0.05) is 30.6 Å². The first-order chi connectivity index (χ1) is 14.8. The molecule has 0 aliphatic heterocycles. The van der Waals surface area contributed by atoms with Gasteiger partial charge in [0.1, 0.15) is 11.5 Å². The third-order valence-electron chi connectivity index (χ3n) is 4.23. The smallest absolute Gasteiger partial charge is 0.251 e. The predicted octanol–water partition coefficient (Wildman–Crippen LogP) is 3.75. The van der Waals surface area contributed by atoms with Gasteiger partial charge in [0.2, 0.25) is 5.88 Å². The number of amides is 1. The van der Waals surface area contributed by atoms with E-state index in [1.807, 2.05) is 19.1 Å². The van der Waals surface area contributed by atoms with Crippen LogP contribution in [-0.2, 0) is 22.1 Å². The fourth-order valence-electron chi connectivity index (χ4n) is 2.90. The highest BCUT2D eigenvalue weighted by Gasteiger charge is 2.10. The average molecular weight is 441 g/mol. The number of rotatable bonds is 9. The van der Waals surface area contributed by atoms with Crippen LogP contribution in [0.5, 0.6) is 17.4 Å². The minimum atomic E-state index is -3.17. The normalized spacial score (nSPS) is 11.0. The van der Waals surface area contributed by atoms with Crippen LogP contribution in [-0.4, -0.2) is 32.2 Å². The number of hydrogen-bond acceptors (Lipinski definition) is 6. The highest BCUT2D eigenvalue weighted by Crippen LogP contribution is 2.23. The second kappa shape index (κ2) is 10.1. The second-order valence-electron chi connectivity index (χ2n) is 6.96. The lowest BCUT2D eigenvalue weighted by Gasteiger charge is -2.09. The molecule has 0 spiro atoms. The van der Waals surface area contributed by atoms with Crippen LogP contribution in [0.3, 0.4) is 0 Å². The van der Waals surface area contributed by atoms with Crippen molar-refractivity contribution in [3.63, 3.8) is 0 Å². The molecule has 0 aliphatic rings. The van der Waals surface area contributed by atoms with E-state index >= 15 is 0 Å². The Bertz CT molecular complexity index is 1140.